The van der Waals surface area contributed by atoms with E-state index in [0.717, 1.165) is 19.6 Å². The summed E-state index contributed by atoms with van der Waals surface area (Å²) in [5.41, 5.74) is -0.0251. The van der Waals surface area contributed by atoms with Crippen LogP contribution in [-0.4, -0.2) is 63.6 Å². The van der Waals surface area contributed by atoms with Gasteiger partial charge in [0.15, 0.2) is 0 Å². The minimum atomic E-state index is -3.42. The summed E-state index contributed by atoms with van der Waals surface area (Å²) in [6.07, 6.45) is 0.990. The van der Waals surface area contributed by atoms with E-state index in [1.54, 1.807) is 35.7 Å². The van der Waals surface area contributed by atoms with Crippen LogP contribution in [0.5, 0.6) is 0 Å². The van der Waals surface area contributed by atoms with Crippen LogP contribution in [0, 0.1) is 5.92 Å². The van der Waals surface area contributed by atoms with Gasteiger partial charge in [0.05, 0.1) is 11.5 Å². The second kappa shape index (κ2) is 5.76. The summed E-state index contributed by atoms with van der Waals surface area (Å²) in [5.74, 6) is 0.482. The van der Waals surface area contributed by atoms with Gasteiger partial charge in [0.2, 0.25) is 10.0 Å². The first-order chi connectivity index (χ1) is 10.4. The van der Waals surface area contributed by atoms with E-state index in [1.165, 1.54) is 0 Å². The predicted molar refractivity (Wildman–Crippen MR) is 85.6 cm³/mol. The topological polar surface area (TPSA) is 49.9 Å². The average Bonchev–Trinajstić information content (AvgIpc) is 2.75. The molecule has 3 rings (SSSR count). The smallest absolute Gasteiger partial charge is 0.243 e. The zero-order valence-corrected chi connectivity index (χ0v) is 14.4. The van der Waals surface area contributed by atoms with Gasteiger partial charge in [0, 0.05) is 37.3 Å². The SMILES string of the molecule is COC[C@H]1CN(C)C2(C1)CN(S(=O)(=O)c1ccc(Cl)cc1)C2. The van der Waals surface area contributed by atoms with Crippen LogP contribution in [0.15, 0.2) is 29.2 Å². The van der Waals surface area contributed by atoms with Gasteiger partial charge in [-0.05, 0) is 43.7 Å². The number of sulfonamides is 1. The van der Waals surface area contributed by atoms with E-state index in [0.29, 0.717) is 28.9 Å². The lowest BCUT2D eigenvalue weighted by atomic mass is 9.87. The first kappa shape index (κ1) is 16.2. The quantitative estimate of drug-likeness (QED) is 0.834. The molecule has 2 saturated heterocycles. The molecule has 0 radical (unpaired) electrons. The highest BCUT2D eigenvalue weighted by Crippen LogP contribution is 2.41. The number of hydrogen-bond acceptors (Lipinski definition) is 4. The Bertz CT molecular complexity index is 641. The molecule has 1 spiro atoms. The average molecular weight is 345 g/mol. The molecule has 1 aromatic rings. The molecule has 2 aliphatic rings. The van der Waals surface area contributed by atoms with Crippen molar-refractivity contribution >= 4 is 21.6 Å². The van der Waals surface area contributed by atoms with Gasteiger partial charge in [-0.1, -0.05) is 11.6 Å². The molecule has 5 nitrogen and oxygen atoms in total. The Labute approximate surface area is 136 Å². The maximum absolute atomic E-state index is 12.6. The van der Waals surface area contributed by atoms with Gasteiger partial charge in [0.25, 0.3) is 0 Å². The van der Waals surface area contributed by atoms with E-state index >= 15 is 0 Å². The molecule has 1 atom stereocenters. The summed E-state index contributed by atoms with van der Waals surface area (Å²) in [4.78, 5) is 2.59. The van der Waals surface area contributed by atoms with Crippen LogP contribution in [0.25, 0.3) is 0 Å². The Morgan fingerprint density at radius 3 is 2.55 bits per heavy atom. The lowest BCUT2D eigenvalue weighted by Gasteiger charge is -2.50. The second-order valence-electron chi connectivity index (χ2n) is 6.36. The molecule has 2 fully saturated rings. The van der Waals surface area contributed by atoms with Gasteiger partial charge in [-0.3, -0.25) is 4.90 Å². The Morgan fingerprint density at radius 1 is 1.32 bits per heavy atom. The van der Waals surface area contributed by atoms with Crippen molar-refractivity contribution in [3.63, 3.8) is 0 Å². The highest BCUT2D eigenvalue weighted by Gasteiger charge is 2.55. The van der Waals surface area contributed by atoms with Crippen LogP contribution in [0.4, 0.5) is 0 Å². The third-order valence-corrected chi connectivity index (χ3v) is 6.86. The Hall–Kier alpha value is -0.660. The molecule has 2 aliphatic heterocycles. The van der Waals surface area contributed by atoms with Crippen molar-refractivity contribution < 1.29 is 13.2 Å². The normalized spacial score (nSPS) is 25.5. The molecule has 1 aromatic carbocycles. The summed E-state index contributed by atoms with van der Waals surface area (Å²) in [6, 6.07) is 6.35. The van der Waals surface area contributed by atoms with Crippen molar-refractivity contribution in [3.8, 4) is 0 Å². The zero-order valence-electron chi connectivity index (χ0n) is 12.8. The maximum Gasteiger partial charge on any atom is 0.243 e. The molecule has 0 amide bonds. The summed E-state index contributed by atoms with van der Waals surface area (Å²) >= 11 is 5.83. The number of nitrogens with zero attached hydrogens (tertiary/aromatic N) is 2. The molecule has 0 saturated carbocycles. The van der Waals surface area contributed by atoms with Crippen molar-refractivity contribution in [1.29, 1.82) is 0 Å². The minimum Gasteiger partial charge on any atom is -0.384 e. The van der Waals surface area contributed by atoms with E-state index in [2.05, 4.69) is 11.9 Å². The molecule has 0 aliphatic carbocycles. The number of halogens is 1. The van der Waals surface area contributed by atoms with Gasteiger partial charge in [-0.2, -0.15) is 4.31 Å². The third-order valence-electron chi connectivity index (χ3n) is 4.81. The maximum atomic E-state index is 12.6. The van der Waals surface area contributed by atoms with Crippen molar-refractivity contribution in [3.05, 3.63) is 29.3 Å². The number of hydrogen-bond donors (Lipinski definition) is 0. The molecule has 0 aromatic heterocycles. The molecule has 122 valence electrons. The Balaban J connectivity index is 1.71. The van der Waals surface area contributed by atoms with E-state index < -0.39 is 10.0 Å². The predicted octanol–water partition coefficient (Wildman–Crippen LogP) is 1.68. The molecular formula is C15H21ClN2O3S. The lowest BCUT2D eigenvalue weighted by Crippen LogP contribution is -2.67. The minimum absolute atomic E-state index is 0.0251. The molecule has 0 N–H and O–H groups in total. The molecule has 0 bridgehead atoms. The van der Waals surface area contributed by atoms with Crippen LogP contribution < -0.4 is 0 Å². The van der Waals surface area contributed by atoms with Crippen LogP contribution >= 0.6 is 11.6 Å². The van der Waals surface area contributed by atoms with Crippen molar-refractivity contribution in [2.75, 3.05) is 40.4 Å². The number of methoxy groups -OCH3 is 1. The molecule has 2 heterocycles. The number of ether oxygens (including phenoxy) is 1. The molecule has 7 heteroatoms. The van der Waals surface area contributed by atoms with E-state index in [-0.39, 0.29) is 5.54 Å². The van der Waals surface area contributed by atoms with E-state index in [4.69, 9.17) is 16.3 Å². The highest BCUT2D eigenvalue weighted by molar-refractivity contribution is 7.89. The van der Waals surface area contributed by atoms with Gasteiger partial charge in [0.1, 0.15) is 0 Å². The molecule has 0 unspecified atom stereocenters. The third kappa shape index (κ3) is 2.67. The standard InChI is InChI=1S/C15H21ClN2O3S/c1-17-8-12(9-21-2)7-15(17)10-18(11-15)22(19,20)14-5-3-13(16)4-6-14/h3-6,12H,7-11H2,1-2H3/t12-/m1/s1. The van der Waals surface area contributed by atoms with Crippen LogP contribution in [0.2, 0.25) is 5.02 Å². The summed E-state index contributed by atoms with van der Waals surface area (Å²) in [5, 5.41) is 0.539. The Kier molecular flexibility index (Phi) is 4.24. The fraction of sp³-hybridized carbons (Fsp3) is 0.600. The van der Waals surface area contributed by atoms with E-state index in [1.807, 2.05) is 0 Å². The zero-order chi connectivity index (χ0) is 16.0. The van der Waals surface area contributed by atoms with Crippen molar-refractivity contribution in [2.45, 2.75) is 16.9 Å². The molecular weight excluding hydrogens is 324 g/mol. The Morgan fingerprint density at radius 2 is 1.95 bits per heavy atom. The largest absolute Gasteiger partial charge is 0.384 e. The summed E-state index contributed by atoms with van der Waals surface area (Å²) in [7, 11) is 0.364. The number of rotatable bonds is 4. The monoisotopic (exact) mass is 344 g/mol. The summed E-state index contributed by atoms with van der Waals surface area (Å²) in [6.45, 7) is 2.79. The fourth-order valence-electron chi connectivity index (χ4n) is 3.59. The van der Waals surface area contributed by atoms with Crippen molar-refractivity contribution in [1.82, 2.24) is 9.21 Å². The molecule has 22 heavy (non-hydrogen) atoms. The second-order valence-corrected chi connectivity index (χ2v) is 8.73. The van der Waals surface area contributed by atoms with Gasteiger partial charge < -0.3 is 4.74 Å². The summed E-state index contributed by atoms with van der Waals surface area (Å²) < 4.78 is 32.0. The van der Waals surface area contributed by atoms with Crippen molar-refractivity contribution in [2.24, 2.45) is 5.92 Å². The van der Waals surface area contributed by atoms with Gasteiger partial charge in [-0.25, -0.2) is 8.42 Å². The first-order valence-corrected chi connectivity index (χ1v) is 9.15. The number of likely N-dealkylation sites (tertiary alicyclic amines) is 1. The van der Waals surface area contributed by atoms with Gasteiger partial charge in [-0.15, -0.1) is 0 Å². The van der Waals surface area contributed by atoms with Gasteiger partial charge >= 0.3 is 0 Å². The van der Waals surface area contributed by atoms with Crippen LogP contribution in [-0.2, 0) is 14.8 Å². The fourth-order valence-corrected chi connectivity index (χ4v) is 5.32. The number of benzene rings is 1. The van der Waals surface area contributed by atoms with Crippen LogP contribution in [0.1, 0.15) is 6.42 Å². The van der Waals surface area contributed by atoms with Crippen LogP contribution in [0.3, 0.4) is 0 Å². The van der Waals surface area contributed by atoms with E-state index in [9.17, 15) is 8.42 Å². The number of likely N-dealkylation sites (N-methyl/N-ethyl adjacent to an activating group) is 1. The lowest BCUT2D eigenvalue weighted by molar-refractivity contribution is 0.0372. The first-order valence-electron chi connectivity index (χ1n) is 7.33. The highest BCUT2D eigenvalue weighted by atomic mass is 35.5.